The number of hydrogen-bond acceptors (Lipinski definition) is 5. The molecule has 1 N–H and O–H groups in total. The van der Waals surface area contributed by atoms with E-state index in [9.17, 15) is 9.18 Å². The molecule has 1 saturated heterocycles. The average Bonchev–Trinajstić information content (AvgIpc) is 3.26. The highest BCUT2D eigenvalue weighted by molar-refractivity contribution is 8.18. The summed E-state index contributed by atoms with van der Waals surface area (Å²) in [4.78, 5) is 17.9. The molecule has 1 aromatic heterocycles. The minimum absolute atomic E-state index is 0.255. The van der Waals surface area contributed by atoms with E-state index in [4.69, 9.17) is 16.0 Å². The molecule has 1 fully saturated rings. The van der Waals surface area contributed by atoms with Crippen LogP contribution in [-0.4, -0.2) is 11.1 Å². The molecule has 4 rings (SSSR count). The van der Waals surface area contributed by atoms with Crippen LogP contribution in [0.1, 0.15) is 5.76 Å². The summed E-state index contributed by atoms with van der Waals surface area (Å²) in [5, 5.41) is 4.51. The largest absolute Gasteiger partial charge is 0.450 e. The summed E-state index contributed by atoms with van der Waals surface area (Å²) in [5.41, 5.74) is 0.560. The van der Waals surface area contributed by atoms with Crippen LogP contribution in [0.2, 0.25) is 5.02 Å². The van der Waals surface area contributed by atoms with Gasteiger partial charge in [0.2, 0.25) is 0 Å². The molecule has 1 aliphatic rings. The number of carbonyl (C=O) groups excluding carboxylic acids is 1. The van der Waals surface area contributed by atoms with Crippen molar-refractivity contribution < 1.29 is 13.6 Å². The van der Waals surface area contributed by atoms with Crippen LogP contribution in [0.4, 0.5) is 10.1 Å². The van der Waals surface area contributed by atoms with Gasteiger partial charge in [-0.2, -0.15) is 0 Å². The van der Waals surface area contributed by atoms with Crippen LogP contribution in [0.5, 0.6) is 0 Å². The third kappa shape index (κ3) is 4.67. The van der Waals surface area contributed by atoms with Gasteiger partial charge < -0.3 is 9.73 Å². The molecule has 28 heavy (non-hydrogen) atoms. The molecular formula is C20H12ClFN2O2S2. The molecule has 1 amide bonds. The molecule has 0 unspecified atom stereocenters. The molecule has 8 heteroatoms. The summed E-state index contributed by atoms with van der Waals surface area (Å²) in [6, 6.07) is 16.8. The van der Waals surface area contributed by atoms with Crippen LogP contribution >= 0.6 is 35.1 Å². The second kappa shape index (κ2) is 8.26. The Morgan fingerprint density at radius 2 is 1.82 bits per heavy atom. The Kier molecular flexibility index (Phi) is 5.57. The second-order valence-electron chi connectivity index (χ2n) is 5.67. The normalized spacial score (nSPS) is 16.7. The minimum atomic E-state index is -0.335. The van der Waals surface area contributed by atoms with E-state index in [2.05, 4.69) is 10.3 Å². The van der Waals surface area contributed by atoms with Crippen LogP contribution in [0.3, 0.4) is 0 Å². The van der Waals surface area contributed by atoms with Crippen molar-refractivity contribution in [1.29, 1.82) is 0 Å². The van der Waals surface area contributed by atoms with Crippen molar-refractivity contribution in [3.8, 4) is 0 Å². The lowest BCUT2D eigenvalue weighted by atomic mass is 10.3. The number of furan rings is 1. The van der Waals surface area contributed by atoms with Crippen molar-refractivity contribution in [2.24, 2.45) is 4.99 Å². The molecule has 0 radical (unpaired) electrons. The van der Waals surface area contributed by atoms with Gasteiger partial charge in [-0.25, -0.2) is 9.38 Å². The fraction of sp³-hybridized carbons (Fsp3) is 0. The molecule has 4 nitrogen and oxygen atoms in total. The van der Waals surface area contributed by atoms with Gasteiger partial charge in [-0.1, -0.05) is 23.4 Å². The topological polar surface area (TPSA) is 54.6 Å². The first-order valence-electron chi connectivity index (χ1n) is 8.13. The number of halogens is 2. The van der Waals surface area contributed by atoms with Gasteiger partial charge in [0.25, 0.3) is 5.91 Å². The number of thioether (sulfide) groups is 1. The molecule has 0 aliphatic carbocycles. The number of rotatable bonds is 4. The molecule has 140 valence electrons. The van der Waals surface area contributed by atoms with Gasteiger partial charge in [-0.3, -0.25) is 4.79 Å². The highest BCUT2D eigenvalue weighted by Crippen LogP contribution is 2.32. The van der Waals surface area contributed by atoms with E-state index in [1.165, 1.54) is 35.7 Å². The SMILES string of the molecule is O=C1NC(=Nc2ccc(F)cc2)S/C1=C\c1ccc(Sc2ccc(Cl)cc2)o1. The number of nitrogens with zero attached hydrogens (tertiary/aromatic N) is 1. The lowest BCUT2D eigenvalue weighted by molar-refractivity contribution is -0.115. The van der Waals surface area contributed by atoms with Gasteiger partial charge in [0.1, 0.15) is 11.6 Å². The van der Waals surface area contributed by atoms with E-state index in [-0.39, 0.29) is 11.7 Å². The number of aliphatic imine (C=N–C) groups is 1. The number of amides is 1. The average molecular weight is 431 g/mol. The fourth-order valence-corrected chi connectivity index (χ4v) is 4.05. The first-order valence-corrected chi connectivity index (χ1v) is 10.1. The van der Waals surface area contributed by atoms with Gasteiger partial charge >= 0.3 is 0 Å². The molecule has 0 saturated carbocycles. The molecule has 2 aromatic carbocycles. The zero-order valence-electron chi connectivity index (χ0n) is 14.2. The lowest BCUT2D eigenvalue weighted by Crippen LogP contribution is -2.19. The maximum Gasteiger partial charge on any atom is 0.264 e. The van der Waals surface area contributed by atoms with Gasteiger partial charge in [-0.15, -0.1) is 0 Å². The Morgan fingerprint density at radius 3 is 2.57 bits per heavy atom. The third-order valence-corrected chi connectivity index (χ3v) is 5.71. The lowest BCUT2D eigenvalue weighted by Gasteiger charge is -1.97. The molecule has 0 spiro atoms. The minimum Gasteiger partial charge on any atom is -0.450 e. The number of amidine groups is 1. The highest BCUT2D eigenvalue weighted by Gasteiger charge is 2.24. The van der Waals surface area contributed by atoms with Gasteiger partial charge in [0, 0.05) is 16.0 Å². The van der Waals surface area contributed by atoms with Crippen molar-refractivity contribution in [2.75, 3.05) is 0 Å². The van der Waals surface area contributed by atoms with Crippen LogP contribution in [0, 0.1) is 5.82 Å². The van der Waals surface area contributed by atoms with E-state index < -0.39 is 0 Å². The van der Waals surface area contributed by atoms with E-state index in [0.717, 1.165) is 4.90 Å². The maximum absolute atomic E-state index is 13.0. The summed E-state index contributed by atoms with van der Waals surface area (Å²) in [6.45, 7) is 0. The molecule has 0 bridgehead atoms. The Bertz CT molecular complexity index is 1080. The zero-order chi connectivity index (χ0) is 19.5. The smallest absolute Gasteiger partial charge is 0.264 e. The van der Waals surface area contributed by atoms with Crippen molar-refractivity contribution >= 4 is 58.0 Å². The predicted molar refractivity (Wildman–Crippen MR) is 111 cm³/mol. The van der Waals surface area contributed by atoms with Crippen LogP contribution in [0.25, 0.3) is 6.08 Å². The Hall–Kier alpha value is -2.48. The Morgan fingerprint density at radius 1 is 1.07 bits per heavy atom. The second-order valence-corrected chi connectivity index (χ2v) is 8.22. The molecule has 2 heterocycles. The van der Waals surface area contributed by atoms with E-state index in [1.807, 2.05) is 30.3 Å². The Balaban J connectivity index is 1.47. The first-order chi connectivity index (χ1) is 13.5. The van der Waals surface area contributed by atoms with E-state index in [0.29, 0.717) is 31.6 Å². The molecule has 3 aromatic rings. The van der Waals surface area contributed by atoms with Gasteiger partial charge in [0.05, 0.1) is 10.6 Å². The van der Waals surface area contributed by atoms with Crippen LogP contribution < -0.4 is 5.32 Å². The summed E-state index contributed by atoms with van der Waals surface area (Å²) < 4.78 is 18.7. The monoisotopic (exact) mass is 430 g/mol. The van der Waals surface area contributed by atoms with Gasteiger partial charge in [0.15, 0.2) is 10.3 Å². The summed E-state index contributed by atoms with van der Waals surface area (Å²) in [5.74, 6) is -0.0240. The highest BCUT2D eigenvalue weighted by atomic mass is 35.5. The third-order valence-electron chi connectivity index (χ3n) is 3.62. The van der Waals surface area contributed by atoms with Crippen molar-refractivity contribution in [1.82, 2.24) is 5.32 Å². The first kappa shape index (κ1) is 18.9. The fourth-order valence-electron chi connectivity index (χ4n) is 2.33. The van der Waals surface area contributed by atoms with Crippen LogP contribution in [-0.2, 0) is 4.79 Å². The maximum atomic E-state index is 13.0. The van der Waals surface area contributed by atoms with E-state index in [1.54, 1.807) is 24.3 Å². The predicted octanol–water partition coefficient (Wildman–Crippen LogP) is 6.11. The molecule has 0 atom stereocenters. The summed E-state index contributed by atoms with van der Waals surface area (Å²) in [7, 11) is 0. The van der Waals surface area contributed by atoms with Crippen molar-refractivity contribution in [3.05, 3.63) is 82.2 Å². The van der Waals surface area contributed by atoms with E-state index >= 15 is 0 Å². The van der Waals surface area contributed by atoms with Crippen molar-refractivity contribution in [3.63, 3.8) is 0 Å². The number of hydrogen-bond donors (Lipinski definition) is 1. The Labute approximate surface area is 173 Å². The number of carbonyl (C=O) groups is 1. The van der Waals surface area contributed by atoms with Crippen molar-refractivity contribution in [2.45, 2.75) is 9.99 Å². The molecular weight excluding hydrogens is 419 g/mol. The summed E-state index contributed by atoms with van der Waals surface area (Å²) >= 11 is 8.56. The number of nitrogens with one attached hydrogen (secondary N) is 1. The quantitative estimate of drug-likeness (QED) is 0.507. The standard InChI is InChI=1S/C20H12ClFN2O2S2/c21-12-1-8-16(9-2-12)27-18-10-7-15(26-18)11-17-19(25)24-20(28-17)23-14-5-3-13(22)4-6-14/h1-11H,(H,23,24,25)/b17-11-. The van der Waals surface area contributed by atoms with Crippen LogP contribution in [0.15, 0.2) is 85.0 Å². The number of benzene rings is 2. The summed E-state index contributed by atoms with van der Waals surface area (Å²) in [6.07, 6.45) is 1.67. The van der Waals surface area contributed by atoms with Gasteiger partial charge in [-0.05, 0) is 72.4 Å². The zero-order valence-corrected chi connectivity index (χ0v) is 16.6. The molecule has 1 aliphatic heterocycles.